The summed E-state index contributed by atoms with van der Waals surface area (Å²) in [7, 11) is 1.95. The first-order valence-corrected chi connectivity index (χ1v) is 9.18. The van der Waals surface area contributed by atoms with E-state index in [-0.39, 0.29) is 24.0 Å². The molecule has 148 valence electrons. The van der Waals surface area contributed by atoms with Crippen LogP contribution in [0.15, 0.2) is 41.7 Å². The van der Waals surface area contributed by atoms with Gasteiger partial charge in [-0.1, -0.05) is 17.7 Å². The predicted molar refractivity (Wildman–Crippen MR) is 122 cm³/mol. The summed E-state index contributed by atoms with van der Waals surface area (Å²) in [4.78, 5) is 22.0. The van der Waals surface area contributed by atoms with Gasteiger partial charge in [0.05, 0.1) is 16.1 Å². The van der Waals surface area contributed by atoms with Crippen LogP contribution in [0.5, 0.6) is 0 Å². The third kappa shape index (κ3) is 4.14. The summed E-state index contributed by atoms with van der Waals surface area (Å²) in [5, 5.41) is 0.685. The van der Waals surface area contributed by atoms with E-state index >= 15 is 0 Å². The molecule has 4 rings (SSSR count). The zero-order valence-corrected chi connectivity index (χ0v) is 18.6. The van der Waals surface area contributed by atoms with Gasteiger partial charge in [0, 0.05) is 45.6 Å². The molecule has 8 nitrogen and oxygen atoms in total. The first kappa shape index (κ1) is 20.6. The van der Waals surface area contributed by atoms with Gasteiger partial charge in [-0.2, -0.15) is 0 Å². The molecule has 1 aromatic carbocycles. The van der Waals surface area contributed by atoms with Gasteiger partial charge in [0.25, 0.3) is 0 Å². The van der Waals surface area contributed by atoms with Crippen LogP contribution >= 0.6 is 35.6 Å². The molecule has 0 radical (unpaired) electrons. The molecule has 2 aromatic heterocycles. The molecule has 0 bridgehead atoms. The Kier molecular flexibility index (Phi) is 6.55. The molecule has 3 heterocycles. The normalized spacial score (nSPS) is 15.0. The maximum absolute atomic E-state index is 6.28. The number of rotatable bonds is 3. The lowest BCUT2D eigenvalue weighted by molar-refractivity contribution is 0.378. The number of fused-ring (bicyclic) bond motifs is 1. The number of benzene rings is 1. The van der Waals surface area contributed by atoms with Crippen LogP contribution in [0.3, 0.4) is 0 Å². The fourth-order valence-electron chi connectivity index (χ4n) is 3.25. The summed E-state index contributed by atoms with van der Waals surface area (Å²) < 4.78 is 1.97. The van der Waals surface area contributed by atoms with E-state index in [0.717, 1.165) is 49.0 Å². The van der Waals surface area contributed by atoms with E-state index in [9.17, 15) is 0 Å². The molecular weight excluding hydrogens is 491 g/mol. The second-order valence-electron chi connectivity index (χ2n) is 6.39. The lowest BCUT2D eigenvalue weighted by Gasteiger charge is -2.35. The van der Waals surface area contributed by atoms with Crippen LogP contribution in [0.2, 0.25) is 5.02 Å². The van der Waals surface area contributed by atoms with Gasteiger partial charge in [0.1, 0.15) is 12.4 Å². The minimum Gasteiger partial charge on any atom is -0.370 e. The van der Waals surface area contributed by atoms with E-state index in [1.807, 2.05) is 35.9 Å². The number of anilines is 1. The maximum Gasteiger partial charge on any atom is 0.225 e. The number of imidazole rings is 1. The summed E-state index contributed by atoms with van der Waals surface area (Å²) in [6.07, 6.45) is 3.52. The average Bonchev–Trinajstić information content (AvgIpc) is 3.04. The van der Waals surface area contributed by atoms with E-state index in [2.05, 4.69) is 29.7 Å². The van der Waals surface area contributed by atoms with E-state index < -0.39 is 0 Å². The minimum absolute atomic E-state index is 0. The van der Waals surface area contributed by atoms with Crippen LogP contribution in [0.4, 0.5) is 5.95 Å². The van der Waals surface area contributed by atoms with Crippen LogP contribution in [0.25, 0.3) is 11.0 Å². The average molecular weight is 513 g/mol. The second kappa shape index (κ2) is 8.91. The van der Waals surface area contributed by atoms with Gasteiger partial charge < -0.3 is 20.1 Å². The summed E-state index contributed by atoms with van der Waals surface area (Å²) in [5.74, 6) is 2.11. The van der Waals surface area contributed by atoms with Gasteiger partial charge in [0.15, 0.2) is 5.96 Å². The van der Waals surface area contributed by atoms with Gasteiger partial charge in [-0.15, -0.1) is 24.0 Å². The summed E-state index contributed by atoms with van der Waals surface area (Å²) >= 11 is 6.28. The van der Waals surface area contributed by atoms with Crippen molar-refractivity contribution in [3.63, 3.8) is 0 Å². The Morgan fingerprint density at radius 2 is 1.86 bits per heavy atom. The molecular formula is C18H22ClIN8. The number of aliphatic imine (C=N–C) groups is 1. The van der Waals surface area contributed by atoms with Crippen molar-refractivity contribution in [1.82, 2.24) is 24.4 Å². The molecule has 0 aliphatic carbocycles. The predicted octanol–water partition coefficient (Wildman–Crippen LogP) is 2.27. The Bertz CT molecular complexity index is 966. The number of nitrogens with zero attached hydrogens (tertiary/aromatic N) is 7. The lowest BCUT2D eigenvalue weighted by Crippen LogP contribution is -2.51. The van der Waals surface area contributed by atoms with Gasteiger partial charge in [-0.05, 0) is 18.2 Å². The topological polar surface area (TPSA) is 88.5 Å². The summed E-state index contributed by atoms with van der Waals surface area (Å²) in [6, 6.07) is 7.53. The van der Waals surface area contributed by atoms with Crippen LogP contribution < -0.4 is 10.6 Å². The number of aryl methyl sites for hydroxylation is 1. The zero-order chi connectivity index (χ0) is 18.8. The van der Waals surface area contributed by atoms with Crippen molar-refractivity contribution < 1.29 is 0 Å². The maximum atomic E-state index is 6.28. The molecule has 1 aliphatic heterocycles. The number of piperazine rings is 1. The molecule has 0 spiro atoms. The highest BCUT2D eigenvalue weighted by Crippen LogP contribution is 2.23. The van der Waals surface area contributed by atoms with Crippen molar-refractivity contribution in [2.45, 2.75) is 6.54 Å². The minimum atomic E-state index is 0. The smallest absolute Gasteiger partial charge is 0.225 e. The standard InChI is InChI=1S/C18H21ClN8.HI/c1-25-15(24-14-5-2-4-13(19)16(14)25)12-23-17(20)26-8-10-27(11-9-26)18-21-6-3-7-22-18;/h2-7H,8-12H2,1H3,(H2,20,23);1H. The number of hydrogen-bond acceptors (Lipinski definition) is 5. The summed E-state index contributed by atoms with van der Waals surface area (Å²) in [5.41, 5.74) is 8.00. The zero-order valence-electron chi connectivity index (χ0n) is 15.5. The molecule has 28 heavy (non-hydrogen) atoms. The lowest BCUT2D eigenvalue weighted by atomic mass is 10.3. The van der Waals surface area contributed by atoms with Crippen molar-refractivity contribution in [1.29, 1.82) is 0 Å². The Hall–Kier alpha value is -2.14. The van der Waals surface area contributed by atoms with Crippen molar-refractivity contribution >= 4 is 58.5 Å². The quantitative estimate of drug-likeness (QED) is 0.329. The monoisotopic (exact) mass is 512 g/mol. The van der Waals surface area contributed by atoms with Gasteiger partial charge in [0.2, 0.25) is 5.95 Å². The SMILES string of the molecule is Cn1c(CN=C(N)N2CCN(c3ncccn3)CC2)nc2cccc(Cl)c21.I. The number of guanidine groups is 1. The van der Waals surface area contributed by atoms with Crippen LogP contribution in [0.1, 0.15) is 5.82 Å². The molecule has 0 saturated carbocycles. The fraction of sp³-hybridized carbons (Fsp3) is 0.333. The third-order valence-corrected chi connectivity index (χ3v) is 5.06. The second-order valence-corrected chi connectivity index (χ2v) is 6.80. The fourth-order valence-corrected chi connectivity index (χ4v) is 3.55. The Morgan fingerprint density at radius 3 is 2.54 bits per heavy atom. The number of halogens is 2. The Balaban J connectivity index is 0.00000225. The van der Waals surface area contributed by atoms with E-state index in [0.29, 0.717) is 17.5 Å². The van der Waals surface area contributed by atoms with Crippen molar-refractivity contribution in [3.05, 3.63) is 47.5 Å². The number of aromatic nitrogens is 4. The molecule has 10 heteroatoms. The van der Waals surface area contributed by atoms with E-state index in [4.69, 9.17) is 17.3 Å². The van der Waals surface area contributed by atoms with Crippen molar-refractivity contribution in [2.24, 2.45) is 17.8 Å². The van der Waals surface area contributed by atoms with Crippen molar-refractivity contribution in [3.8, 4) is 0 Å². The molecule has 0 atom stereocenters. The largest absolute Gasteiger partial charge is 0.370 e. The molecule has 2 N–H and O–H groups in total. The first-order chi connectivity index (χ1) is 13.1. The van der Waals surface area contributed by atoms with Crippen LogP contribution in [-0.2, 0) is 13.6 Å². The highest BCUT2D eigenvalue weighted by molar-refractivity contribution is 14.0. The van der Waals surface area contributed by atoms with Crippen LogP contribution in [0, 0.1) is 0 Å². The highest BCUT2D eigenvalue weighted by atomic mass is 127. The Labute approximate surface area is 185 Å². The van der Waals surface area contributed by atoms with E-state index in [1.54, 1.807) is 12.4 Å². The molecule has 0 amide bonds. The Morgan fingerprint density at radius 1 is 1.14 bits per heavy atom. The molecule has 3 aromatic rings. The van der Waals surface area contributed by atoms with Crippen molar-refractivity contribution in [2.75, 3.05) is 31.1 Å². The van der Waals surface area contributed by atoms with E-state index in [1.165, 1.54) is 0 Å². The highest BCUT2D eigenvalue weighted by Gasteiger charge is 2.20. The van der Waals surface area contributed by atoms with Gasteiger partial charge in [-0.25, -0.2) is 19.9 Å². The molecule has 0 unspecified atom stereocenters. The number of hydrogen-bond donors (Lipinski definition) is 1. The van der Waals surface area contributed by atoms with Crippen LogP contribution in [-0.4, -0.2) is 56.6 Å². The van der Waals surface area contributed by atoms with Gasteiger partial charge in [-0.3, -0.25) is 0 Å². The first-order valence-electron chi connectivity index (χ1n) is 8.80. The number of nitrogens with two attached hydrogens (primary N) is 1. The molecule has 1 fully saturated rings. The molecule has 1 saturated heterocycles. The van der Waals surface area contributed by atoms with Gasteiger partial charge >= 0.3 is 0 Å². The molecule has 1 aliphatic rings. The summed E-state index contributed by atoms with van der Waals surface area (Å²) in [6.45, 7) is 3.59. The number of para-hydroxylation sites is 1. The third-order valence-electron chi connectivity index (χ3n) is 4.76.